The summed E-state index contributed by atoms with van der Waals surface area (Å²) < 4.78 is 5.41. The van der Waals surface area contributed by atoms with Crippen molar-refractivity contribution in [3.63, 3.8) is 0 Å². The van der Waals surface area contributed by atoms with Crippen LogP contribution in [-0.4, -0.2) is 23.6 Å². The molecular weight excluding hydrogens is 264 g/mol. The first kappa shape index (κ1) is 15.1. The number of anilines is 2. The Balaban J connectivity index is 2.15. The van der Waals surface area contributed by atoms with E-state index in [0.717, 1.165) is 13.0 Å². The second kappa shape index (κ2) is 6.92. The highest BCUT2D eigenvalue weighted by Gasteiger charge is 2.13. The first-order chi connectivity index (χ1) is 10.2. The molecule has 0 aliphatic rings. The van der Waals surface area contributed by atoms with Gasteiger partial charge in [-0.05, 0) is 24.5 Å². The van der Waals surface area contributed by atoms with Gasteiger partial charge in [-0.15, -0.1) is 0 Å². The van der Waals surface area contributed by atoms with Crippen LogP contribution in [0.1, 0.15) is 25.0 Å². The second-order valence-electron chi connectivity index (χ2n) is 4.88. The Morgan fingerprint density at radius 3 is 2.38 bits per heavy atom. The zero-order valence-electron chi connectivity index (χ0n) is 12.8. The van der Waals surface area contributed by atoms with Crippen molar-refractivity contribution in [2.45, 2.75) is 26.8 Å². The molecule has 0 amide bonds. The van der Waals surface area contributed by atoms with Gasteiger partial charge in [0, 0.05) is 13.6 Å². The molecule has 0 saturated carbocycles. The smallest absolute Gasteiger partial charge is 0.242 e. The SMILES string of the molecule is CCOc1ncnc(N(C)Cc2ccc(CC)cc2)c1N. The molecule has 0 fully saturated rings. The molecule has 0 aliphatic carbocycles. The molecule has 0 aliphatic heterocycles. The maximum atomic E-state index is 6.08. The summed E-state index contributed by atoms with van der Waals surface area (Å²) in [5.41, 5.74) is 9.11. The maximum absolute atomic E-state index is 6.08. The average Bonchev–Trinajstić information content (AvgIpc) is 2.50. The fourth-order valence-electron chi connectivity index (χ4n) is 2.16. The van der Waals surface area contributed by atoms with Crippen molar-refractivity contribution in [1.82, 2.24) is 9.97 Å². The van der Waals surface area contributed by atoms with E-state index < -0.39 is 0 Å². The molecule has 0 radical (unpaired) electrons. The molecule has 0 saturated heterocycles. The van der Waals surface area contributed by atoms with E-state index >= 15 is 0 Å². The van der Waals surface area contributed by atoms with Gasteiger partial charge in [0.05, 0.1) is 6.61 Å². The summed E-state index contributed by atoms with van der Waals surface area (Å²) in [5.74, 6) is 1.13. The number of ether oxygens (including phenoxy) is 1. The molecule has 1 aromatic carbocycles. The van der Waals surface area contributed by atoms with Crippen molar-refractivity contribution in [1.29, 1.82) is 0 Å². The van der Waals surface area contributed by atoms with Crippen LogP contribution in [0, 0.1) is 0 Å². The zero-order chi connectivity index (χ0) is 15.2. The van der Waals surface area contributed by atoms with Crippen molar-refractivity contribution in [2.75, 3.05) is 24.3 Å². The van der Waals surface area contributed by atoms with Crippen molar-refractivity contribution in [3.8, 4) is 5.88 Å². The predicted molar refractivity (Wildman–Crippen MR) is 85.5 cm³/mol. The predicted octanol–water partition coefficient (Wildman–Crippen LogP) is 2.66. The lowest BCUT2D eigenvalue weighted by Crippen LogP contribution is -2.20. The third-order valence-electron chi connectivity index (χ3n) is 3.32. The molecule has 0 bridgehead atoms. The first-order valence-corrected chi connectivity index (χ1v) is 7.17. The summed E-state index contributed by atoms with van der Waals surface area (Å²) in [7, 11) is 1.96. The van der Waals surface area contributed by atoms with E-state index in [1.54, 1.807) is 0 Å². The minimum atomic E-state index is 0.440. The largest absolute Gasteiger partial charge is 0.476 e. The van der Waals surface area contributed by atoms with Gasteiger partial charge in [0.1, 0.15) is 12.0 Å². The van der Waals surface area contributed by atoms with Gasteiger partial charge >= 0.3 is 0 Å². The third-order valence-corrected chi connectivity index (χ3v) is 3.32. The number of nitrogens with zero attached hydrogens (tertiary/aromatic N) is 3. The van der Waals surface area contributed by atoms with E-state index in [9.17, 15) is 0 Å². The van der Waals surface area contributed by atoms with Crippen LogP contribution < -0.4 is 15.4 Å². The average molecular weight is 286 g/mol. The van der Waals surface area contributed by atoms with Crippen LogP contribution in [0.4, 0.5) is 11.5 Å². The molecular formula is C16H22N4O. The lowest BCUT2D eigenvalue weighted by Gasteiger charge is -2.20. The third kappa shape index (κ3) is 3.62. The summed E-state index contributed by atoms with van der Waals surface area (Å²) >= 11 is 0. The molecule has 0 atom stereocenters. The highest BCUT2D eigenvalue weighted by molar-refractivity contribution is 5.67. The van der Waals surface area contributed by atoms with E-state index in [1.165, 1.54) is 17.5 Å². The quantitative estimate of drug-likeness (QED) is 0.884. The maximum Gasteiger partial charge on any atom is 0.242 e. The fourth-order valence-corrected chi connectivity index (χ4v) is 2.16. The number of benzene rings is 1. The highest BCUT2D eigenvalue weighted by Crippen LogP contribution is 2.27. The summed E-state index contributed by atoms with van der Waals surface area (Å²) in [4.78, 5) is 10.3. The Morgan fingerprint density at radius 2 is 1.76 bits per heavy atom. The van der Waals surface area contributed by atoms with Crippen molar-refractivity contribution < 1.29 is 4.74 Å². The molecule has 112 valence electrons. The van der Waals surface area contributed by atoms with Gasteiger partial charge < -0.3 is 15.4 Å². The molecule has 0 spiro atoms. The van der Waals surface area contributed by atoms with Gasteiger partial charge in [0.2, 0.25) is 5.88 Å². The van der Waals surface area contributed by atoms with E-state index in [4.69, 9.17) is 10.5 Å². The molecule has 2 N–H and O–H groups in total. The second-order valence-corrected chi connectivity index (χ2v) is 4.88. The van der Waals surface area contributed by atoms with Crippen LogP contribution in [-0.2, 0) is 13.0 Å². The molecule has 21 heavy (non-hydrogen) atoms. The normalized spacial score (nSPS) is 10.4. The molecule has 5 nitrogen and oxygen atoms in total. The van der Waals surface area contributed by atoms with Crippen LogP contribution >= 0.6 is 0 Å². The van der Waals surface area contributed by atoms with Crippen LogP contribution in [0.25, 0.3) is 0 Å². The minimum Gasteiger partial charge on any atom is -0.476 e. The van der Waals surface area contributed by atoms with Crippen LogP contribution in [0.5, 0.6) is 5.88 Å². The number of hydrogen-bond donors (Lipinski definition) is 1. The molecule has 1 aromatic heterocycles. The van der Waals surface area contributed by atoms with Gasteiger partial charge in [-0.25, -0.2) is 4.98 Å². The molecule has 2 aromatic rings. The van der Waals surface area contributed by atoms with Gasteiger partial charge in [0.25, 0.3) is 0 Å². The Hall–Kier alpha value is -2.30. The van der Waals surface area contributed by atoms with Crippen LogP contribution in [0.2, 0.25) is 0 Å². The number of hydrogen-bond acceptors (Lipinski definition) is 5. The van der Waals surface area contributed by atoms with Crippen LogP contribution in [0.15, 0.2) is 30.6 Å². The fraction of sp³-hybridized carbons (Fsp3) is 0.375. The monoisotopic (exact) mass is 286 g/mol. The Kier molecular flexibility index (Phi) is 4.98. The molecule has 1 heterocycles. The highest BCUT2D eigenvalue weighted by atomic mass is 16.5. The van der Waals surface area contributed by atoms with Crippen LogP contribution in [0.3, 0.4) is 0 Å². The van der Waals surface area contributed by atoms with E-state index in [0.29, 0.717) is 24.0 Å². The molecule has 5 heteroatoms. The lowest BCUT2D eigenvalue weighted by atomic mass is 10.1. The summed E-state index contributed by atoms with van der Waals surface area (Å²) in [6, 6.07) is 8.57. The number of aryl methyl sites for hydroxylation is 1. The number of nitrogen functional groups attached to an aromatic ring is 1. The van der Waals surface area contributed by atoms with Gasteiger partial charge in [-0.2, -0.15) is 4.98 Å². The van der Waals surface area contributed by atoms with Crippen molar-refractivity contribution in [2.24, 2.45) is 0 Å². The first-order valence-electron chi connectivity index (χ1n) is 7.17. The standard InChI is InChI=1S/C16H22N4O/c1-4-12-6-8-13(9-7-12)10-20(3)15-14(17)16(21-5-2)19-11-18-15/h6-9,11H,4-5,10,17H2,1-3H3. The summed E-state index contributed by atoms with van der Waals surface area (Å²) in [5, 5.41) is 0. The van der Waals surface area contributed by atoms with E-state index in [-0.39, 0.29) is 0 Å². The van der Waals surface area contributed by atoms with Gasteiger partial charge in [0.15, 0.2) is 5.82 Å². The summed E-state index contributed by atoms with van der Waals surface area (Å²) in [6.07, 6.45) is 2.53. The molecule has 2 rings (SSSR count). The number of rotatable bonds is 6. The Labute approximate surface area is 125 Å². The van der Waals surface area contributed by atoms with Gasteiger partial charge in [-0.1, -0.05) is 31.2 Å². The minimum absolute atomic E-state index is 0.440. The van der Waals surface area contributed by atoms with Crippen molar-refractivity contribution >= 4 is 11.5 Å². The lowest BCUT2D eigenvalue weighted by molar-refractivity contribution is 0.328. The van der Waals surface area contributed by atoms with Gasteiger partial charge in [-0.3, -0.25) is 0 Å². The topological polar surface area (TPSA) is 64.3 Å². The van der Waals surface area contributed by atoms with E-state index in [1.807, 2.05) is 18.9 Å². The zero-order valence-corrected chi connectivity index (χ0v) is 12.8. The molecule has 0 unspecified atom stereocenters. The summed E-state index contributed by atoms with van der Waals surface area (Å²) in [6.45, 7) is 5.32. The number of aromatic nitrogens is 2. The Bertz CT molecular complexity index is 583. The Morgan fingerprint density at radius 1 is 1.10 bits per heavy atom. The van der Waals surface area contributed by atoms with E-state index in [2.05, 4.69) is 41.2 Å². The number of nitrogens with two attached hydrogens (primary N) is 1. The van der Waals surface area contributed by atoms with Crippen molar-refractivity contribution in [3.05, 3.63) is 41.7 Å².